The summed E-state index contributed by atoms with van der Waals surface area (Å²) in [5, 5.41) is 0. The van der Waals surface area contributed by atoms with Crippen molar-refractivity contribution in [1.29, 1.82) is 0 Å². The van der Waals surface area contributed by atoms with Crippen molar-refractivity contribution in [3.8, 4) is 0 Å². The molecule has 0 radical (unpaired) electrons. The van der Waals surface area contributed by atoms with Crippen molar-refractivity contribution < 1.29 is 28.9 Å². The van der Waals surface area contributed by atoms with Crippen LogP contribution in [0.3, 0.4) is 0 Å². The molecule has 7 heteroatoms. The monoisotopic (exact) mass is 212 g/mol. The van der Waals surface area contributed by atoms with E-state index in [1.165, 1.54) is 0 Å². The number of carbonyl (C=O) groups is 1. The molecule has 0 unspecified atom stereocenters. The Balaban J connectivity index is 3.85. The van der Waals surface area contributed by atoms with E-state index in [1.807, 2.05) is 0 Å². The van der Waals surface area contributed by atoms with Crippen molar-refractivity contribution in [2.24, 2.45) is 0 Å². The fourth-order valence-electron chi connectivity index (χ4n) is 0.366. The molecule has 0 atom stereocenters. The summed E-state index contributed by atoms with van der Waals surface area (Å²) >= 11 is 0. The van der Waals surface area contributed by atoms with Gasteiger partial charge in [0.25, 0.3) is 0 Å². The zero-order valence-corrected chi connectivity index (χ0v) is 8.58. The lowest BCUT2D eigenvalue weighted by Crippen LogP contribution is -2.23. The minimum Gasteiger partial charge on any atom is -0.324 e. The molecule has 0 fully saturated rings. The van der Waals surface area contributed by atoms with Crippen LogP contribution in [0.5, 0.6) is 0 Å². The quantitative estimate of drug-likeness (QED) is 0.400. The topological polar surface area (TPSA) is 93.1 Å². The van der Waals surface area contributed by atoms with Gasteiger partial charge >= 0.3 is 13.6 Å². The van der Waals surface area contributed by atoms with Crippen LogP contribution in [0.25, 0.3) is 0 Å². The normalized spacial score (nSPS) is 12.7. The molecule has 0 aromatic carbocycles. The smallest absolute Gasteiger partial charge is 0.324 e. The van der Waals surface area contributed by atoms with Gasteiger partial charge in [-0.05, 0) is 20.8 Å². The Bertz CT molecular complexity index is 224. The summed E-state index contributed by atoms with van der Waals surface area (Å²) in [7, 11) is -4.36. The number of hydrogen-bond donors (Lipinski definition) is 2. The van der Waals surface area contributed by atoms with E-state index in [0.29, 0.717) is 0 Å². The first kappa shape index (κ1) is 12.6. The molecule has 0 aromatic heterocycles. The van der Waals surface area contributed by atoms with E-state index in [4.69, 9.17) is 9.79 Å². The molecule has 13 heavy (non-hydrogen) atoms. The van der Waals surface area contributed by atoms with Crippen molar-refractivity contribution in [3.05, 3.63) is 0 Å². The summed E-state index contributed by atoms with van der Waals surface area (Å²) in [5.74, 6) is -1.08. The Morgan fingerprint density at radius 2 is 1.85 bits per heavy atom. The van der Waals surface area contributed by atoms with Crippen molar-refractivity contribution >= 4 is 13.6 Å². The lowest BCUT2D eigenvalue weighted by atomic mass is 10.2. The largest absolute Gasteiger partial charge is 0.354 e. The molecule has 0 aliphatic heterocycles. The second-order valence-corrected chi connectivity index (χ2v) is 5.12. The van der Waals surface area contributed by atoms with Crippen molar-refractivity contribution in [2.75, 3.05) is 6.16 Å². The second-order valence-electron chi connectivity index (χ2n) is 3.47. The van der Waals surface area contributed by atoms with Gasteiger partial charge in [-0.25, -0.2) is 4.79 Å². The van der Waals surface area contributed by atoms with Crippen molar-refractivity contribution in [1.82, 2.24) is 0 Å². The number of carbonyl (C=O) groups excluding carboxylic acids is 1. The first-order valence-electron chi connectivity index (χ1n) is 3.53. The summed E-state index contributed by atoms with van der Waals surface area (Å²) < 4.78 is 10.3. The number of rotatable bonds is 3. The van der Waals surface area contributed by atoms with Crippen LogP contribution in [0.4, 0.5) is 0 Å². The molecule has 0 saturated heterocycles. The highest BCUT2D eigenvalue weighted by Crippen LogP contribution is 2.33. The lowest BCUT2D eigenvalue weighted by Gasteiger charge is -2.16. The summed E-state index contributed by atoms with van der Waals surface area (Å²) in [6.45, 7) is 4.91. The summed E-state index contributed by atoms with van der Waals surface area (Å²) in [6.07, 6.45) is -0.969. The molecule has 0 bridgehead atoms. The van der Waals surface area contributed by atoms with Crippen LogP contribution >= 0.6 is 7.60 Å². The predicted octanol–water partition coefficient (Wildman–Crippen LogP) is 0.437. The van der Waals surface area contributed by atoms with E-state index >= 15 is 0 Å². The van der Waals surface area contributed by atoms with E-state index in [1.54, 1.807) is 20.8 Å². The first-order chi connectivity index (χ1) is 5.60. The van der Waals surface area contributed by atoms with Crippen LogP contribution in [0.15, 0.2) is 0 Å². The van der Waals surface area contributed by atoms with Gasteiger partial charge < -0.3 is 9.79 Å². The zero-order chi connectivity index (χ0) is 10.7. The van der Waals surface area contributed by atoms with Gasteiger partial charge in [0.15, 0.2) is 6.16 Å². The maximum atomic E-state index is 10.7. The Labute approximate surface area is 75.9 Å². The van der Waals surface area contributed by atoms with Gasteiger partial charge in [-0.1, -0.05) is 0 Å². The highest BCUT2D eigenvalue weighted by atomic mass is 31.2. The third-order valence-corrected chi connectivity index (χ3v) is 1.39. The summed E-state index contributed by atoms with van der Waals surface area (Å²) in [4.78, 5) is 36.1. The lowest BCUT2D eigenvalue weighted by molar-refractivity contribution is -0.318. The Kier molecular flexibility index (Phi) is 4.06. The van der Waals surface area contributed by atoms with Crippen LogP contribution in [-0.4, -0.2) is 27.5 Å². The zero-order valence-electron chi connectivity index (χ0n) is 7.68. The Hall–Kier alpha value is -0.420. The average Bonchev–Trinajstić information content (AvgIpc) is 1.78. The molecule has 0 rings (SSSR count). The molecule has 0 saturated carbocycles. The Morgan fingerprint density at radius 1 is 1.38 bits per heavy atom. The molecular formula is C6H13O6P. The molecule has 2 N–H and O–H groups in total. The van der Waals surface area contributed by atoms with Crippen LogP contribution in [0.1, 0.15) is 20.8 Å². The molecule has 6 nitrogen and oxygen atoms in total. The van der Waals surface area contributed by atoms with Gasteiger partial charge in [-0.2, -0.15) is 4.89 Å². The fourth-order valence-corrected chi connectivity index (χ4v) is 0.755. The average molecular weight is 212 g/mol. The molecule has 78 valence electrons. The maximum Gasteiger partial charge on any atom is 0.354 e. The molecule has 0 heterocycles. The van der Waals surface area contributed by atoms with Crippen LogP contribution < -0.4 is 0 Å². The van der Waals surface area contributed by atoms with Gasteiger partial charge in [0, 0.05) is 0 Å². The molecule has 0 aliphatic carbocycles. The SMILES string of the molecule is CC(C)(C)OOC(=O)CP(=O)(O)O. The summed E-state index contributed by atoms with van der Waals surface area (Å²) in [6, 6.07) is 0. The van der Waals surface area contributed by atoms with E-state index in [2.05, 4.69) is 9.78 Å². The highest BCUT2D eigenvalue weighted by Gasteiger charge is 2.23. The number of hydrogen-bond acceptors (Lipinski definition) is 4. The van der Waals surface area contributed by atoms with E-state index in [-0.39, 0.29) is 0 Å². The van der Waals surface area contributed by atoms with E-state index < -0.39 is 25.3 Å². The molecular weight excluding hydrogens is 199 g/mol. The minimum atomic E-state index is -4.36. The van der Waals surface area contributed by atoms with Gasteiger partial charge in [-0.3, -0.25) is 9.45 Å². The standard InChI is InChI=1S/C6H13O6P/c1-6(2,3)12-11-5(7)4-13(8,9)10/h4H2,1-3H3,(H2,8,9,10). The van der Waals surface area contributed by atoms with Crippen molar-refractivity contribution in [2.45, 2.75) is 26.4 Å². The molecule has 0 aromatic rings. The molecule has 0 amide bonds. The van der Waals surface area contributed by atoms with Gasteiger partial charge in [0.1, 0.15) is 5.60 Å². The van der Waals surface area contributed by atoms with Crippen LogP contribution in [-0.2, 0) is 19.1 Å². The Morgan fingerprint density at radius 3 is 2.15 bits per heavy atom. The van der Waals surface area contributed by atoms with Crippen molar-refractivity contribution in [3.63, 3.8) is 0 Å². The first-order valence-corrected chi connectivity index (χ1v) is 5.33. The maximum absolute atomic E-state index is 10.7. The minimum absolute atomic E-state index is 0.690. The second kappa shape index (κ2) is 4.19. The van der Waals surface area contributed by atoms with E-state index in [0.717, 1.165) is 0 Å². The predicted molar refractivity (Wildman–Crippen MR) is 43.8 cm³/mol. The third kappa shape index (κ3) is 9.49. The molecule has 0 aliphatic rings. The van der Waals surface area contributed by atoms with Gasteiger partial charge in [-0.15, -0.1) is 0 Å². The molecule has 0 spiro atoms. The van der Waals surface area contributed by atoms with Crippen LogP contribution in [0.2, 0.25) is 0 Å². The van der Waals surface area contributed by atoms with Gasteiger partial charge in [0.05, 0.1) is 0 Å². The summed E-state index contributed by atoms with van der Waals surface area (Å²) in [5.41, 5.74) is -0.690. The fraction of sp³-hybridized carbons (Fsp3) is 0.833. The van der Waals surface area contributed by atoms with Crippen LogP contribution in [0, 0.1) is 0 Å². The van der Waals surface area contributed by atoms with E-state index in [9.17, 15) is 9.36 Å². The van der Waals surface area contributed by atoms with Gasteiger partial charge in [0.2, 0.25) is 0 Å². The highest BCUT2D eigenvalue weighted by molar-refractivity contribution is 7.52. The third-order valence-electron chi connectivity index (χ3n) is 0.720.